The molecule has 2 unspecified atom stereocenters. The average Bonchev–Trinajstić information content (AvgIpc) is 3.73. The van der Waals surface area contributed by atoms with Gasteiger partial charge in [-0.05, 0) is 61.9 Å². The molecular formula is C30H34N4O6. The summed E-state index contributed by atoms with van der Waals surface area (Å²) in [5.74, 6) is -0.430. The van der Waals surface area contributed by atoms with E-state index >= 15 is 0 Å². The van der Waals surface area contributed by atoms with E-state index in [2.05, 4.69) is 15.3 Å². The maximum atomic E-state index is 13.2. The minimum Gasteiger partial charge on any atom is -0.497 e. The second-order valence-electron chi connectivity index (χ2n) is 10.1. The van der Waals surface area contributed by atoms with Crippen molar-refractivity contribution in [2.24, 2.45) is 0 Å². The quantitative estimate of drug-likeness (QED) is 0.278. The fourth-order valence-electron chi connectivity index (χ4n) is 5.29. The van der Waals surface area contributed by atoms with Gasteiger partial charge in [0.25, 0.3) is 5.91 Å². The van der Waals surface area contributed by atoms with E-state index in [4.69, 9.17) is 14.2 Å². The number of H-pyrrole nitrogens is 1. The number of aryl methyl sites for hydroxylation is 2. The van der Waals surface area contributed by atoms with Crippen LogP contribution >= 0.6 is 0 Å². The van der Waals surface area contributed by atoms with Crippen molar-refractivity contribution in [3.63, 3.8) is 0 Å². The van der Waals surface area contributed by atoms with Crippen molar-refractivity contribution in [2.75, 3.05) is 13.7 Å². The number of hydrogen-bond donors (Lipinski definition) is 2. The molecule has 3 heterocycles. The Bertz CT molecular complexity index is 1310. The Morgan fingerprint density at radius 1 is 1.10 bits per heavy atom. The van der Waals surface area contributed by atoms with E-state index < -0.39 is 30.2 Å². The minimum absolute atomic E-state index is 0.0980. The first kappa shape index (κ1) is 27.5. The average molecular weight is 547 g/mol. The van der Waals surface area contributed by atoms with Gasteiger partial charge in [-0.3, -0.25) is 24.6 Å². The predicted molar refractivity (Wildman–Crippen MR) is 145 cm³/mol. The topological polar surface area (TPSA) is 123 Å². The summed E-state index contributed by atoms with van der Waals surface area (Å²) >= 11 is 0. The van der Waals surface area contributed by atoms with Crippen LogP contribution in [0.4, 0.5) is 0 Å². The maximum Gasteiger partial charge on any atom is 0.309 e. The standard InChI is InChI=1S/C30H34N4O6/c1-38-23-14-12-20(13-15-23)9-5-10-22-18-31-27(32-22)29(37)33-28(36)24-11-6-16-34(24)25-17-26(35)40-30(25)39-19-21-7-3-2-4-8-21/h2-4,7-8,12-15,18,24-25,30H,5-6,9-11,16-17,19H2,1H3,(H,31,32)(H,33,36,37)/t24-,25?,30?/m0/s1. The fourth-order valence-corrected chi connectivity index (χ4v) is 5.29. The van der Waals surface area contributed by atoms with Crippen molar-refractivity contribution in [3.05, 3.63) is 83.4 Å². The highest BCUT2D eigenvalue weighted by Crippen LogP contribution is 2.30. The zero-order valence-corrected chi connectivity index (χ0v) is 22.5. The minimum atomic E-state index is -0.776. The van der Waals surface area contributed by atoms with E-state index in [0.29, 0.717) is 19.6 Å². The Labute approximate surface area is 233 Å². The van der Waals surface area contributed by atoms with Gasteiger partial charge in [0.15, 0.2) is 5.82 Å². The van der Waals surface area contributed by atoms with Gasteiger partial charge in [-0.25, -0.2) is 4.98 Å². The Kier molecular flexibility index (Phi) is 8.87. The number of esters is 1. The third kappa shape index (κ3) is 6.75. The molecule has 5 rings (SSSR count). The van der Waals surface area contributed by atoms with Gasteiger partial charge in [-0.15, -0.1) is 0 Å². The molecule has 40 heavy (non-hydrogen) atoms. The van der Waals surface area contributed by atoms with Gasteiger partial charge < -0.3 is 19.2 Å². The lowest BCUT2D eigenvalue weighted by Gasteiger charge is -2.31. The molecule has 1 aromatic heterocycles. The van der Waals surface area contributed by atoms with E-state index in [-0.39, 0.29) is 18.2 Å². The van der Waals surface area contributed by atoms with Gasteiger partial charge in [0.05, 0.1) is 32.2 Å². The van der Waals surface area contributed by atoms with Crippen molar-refractivity contribution in [3.8, 4) is 5.75 Å². The van der Waals surface area contributed by atoms with Crippen molar-refractivity contribution >= 4 is 17.8 Å². The van der Waals surface area contributed by atoms with Crippen LogP contribution < -0.4 is 10.1 Å². The van der Waals surface area contributed by atoms with Crippen LogP contribution in [0.5, 0.6) is 5.75 Å². The number of cyclic esters (lactones) is 1. The van der Waals surface area contributed by atoms with Crippen LogP contribution in [0.3, 0.4) is 0 Å². The van der Waals surface area contributed by atoms with Gasteiger partial charge in [0.2, 0.25) is 12.2 Å². The van der Waals surface area contributed by atoms with Crippen LogP contribution in [0.15, 0.2) is 60.8 Å². The zero-order chi connectivity index (χ0) is 27.9. The molecular weight excluding hydrogens is 512 g/mol. The lowest BCUT2D eigenvalue weighted by atomic mass is 10.1. The number of nitrogens with zero attached hydrogens (tertiary/aromatic N) is 2. The Morgan fingerprint density at radius 2 is 1.90 bits per heavy atom. The van der Waals surface area contributed by atoms with Crippen LogP contribution in [-0.2, 0) is 38.5 Å². The molecule has 0 spiro atoms. The molecule has 10 nitrogen and oxygen atoms in total. The summed E-state index contributed by atoms with van der Waals surface area (Å²) in [5.41, 5.74) is 2.99. The van der Waals surface area contributed by atoms with Gasteiger partial charge in [-0.2, -0.15) is 0 Å². The van der Waals surface area contributed by atoms with E-state index in [1.807, 2.05) is 59.5 Å². The molecule has 2 aromatic carbocycles. The molecule has 3 aromatic rings. The molecule has 2 fully saturated rings. The molecule has 0 radical (unpaired) electrons. The maximum absolute atomic E-state index is 13.2. The second kappa shape index (κ2) is 12.9. The Hall–Kier alpha value is -4.02. The largest absolute Gasteiger partial charge is 0.497 e. The highest BCUT2D eigenvalue weighted by molar-refractivity contribution is 6.04. The first-order valence-corrected chi connectivity index (χ1v) is 13.6. The summed E-state index contributed by atoms with van der Waals surface area (Å²) in [4.78, 5) is 47.3. The first-order chi connectivity index (χ1) is 19.5. The fraction of sp³-hybridized carbons (Fsp3) is 0.400. The van der Waals surface area contributed by atoms with Crippen LogP contribution in [-0.4, -0.2) is 64.7 Å². The lowest BCUT2D eigenvalue weighted by molar-refractivity contribution is -0.172. The van der Waals surface area contributed by atoms with Crippen molar-refractivity contribution in [1.82, 2.24) is 20.2 Å². The number of benzene rings is 2. The summed E-state index contributed by atoms with van der Waals surface area (Å²) in [6.45, 7) is 0.900. The number of likely N-dealkylation sites (tertiary alicyclic amines) is 1. The zero-order valence-electron chi connectivity index (χ0n) is 22.5. The highest BCUT2D eigenvalue weighted by atomic mass is 16.7. The molecule has 3 atom stereocenters. The molecule has 2 aliphatic heterocycles. The van der Waals surface area contributed by atoms with Crippen LogP contribution in [0, 0.1) is 0 Å². The monoisotopic (exact) mass is 546 g/mol. The third-order valence-corrected chi connectivity index (χ3v) is 7.37. The third-order valence-electron chi connectivity index (χ3n) is 7.37. The van der Waals surface area contributed by atoms with E-state index in [0.717, 1.165) is 42.7 Å². The number of imidazole rings is 1. The number of methoxy groups -OCH3 is 1. The predicted octanol–water partition coefficient (Wildman–Crippen LogP) is 3.17. The smallest absolute Gasteiger partial charge is 0.309 e. The van der Waals surface area contributed by atoms with Crippen molar-refractivity contribution in [1.29, 1.82) is 0 Å². The van der Waals surface area contributed by atoms with Crippen molar-refractivity contribution < 1.29 is 28.6 Å². The number of carbonyl (C=O) groups is 3. The molecule has 2 N–H and O–H groups in total. The normalized spacial score (nSPS) is 20.8. The summed E-state index contributed by atoms with van der Waals surface area (Å²) in [7, 11) is 1.64. The van der Waals surface area contributed by atoms with Gasteiger partial charge in [0, 0.05) is 11.9 Å². The lowest BCUT2D eigenvalue weighted by Crippen LogP contribution is -2.51. The van der Waals surface area contributed by atoms with E-state index in [1.54, 1.807) is 13.3 Å². The number of imide groups is 1. The second-order valence-corrected chi connectivity index (χ2v) is 10.1. The number of ether oxygens (including phenoxy) is 3. The van der Waals surface area contributed by atoms with Crippen LogP contribution in [0.2, 0.25) is 0 Å². The number of nitrogens with one attached hydrogen (secondary N) is 2. The summed E-state index contributed by atoms with van der Waals surface area (Å²) in [5, 5.41) is 2.49. The van der Waals surface area contributed by atoms with Gasteiger partial charge in [0.1, 0.15) is 5.75 Å². The Balaban J connectivity index is 1.13. The molecule has 0 bridgehead atoms. The molecule has 2 saturated heterocycles. The number of hydrogen-bond acceptors (Lipinski definition) is 8. The number of aromatic amines is 1. The first-order valence-electron chi connectivity index (χ1n) is 13.6. The van der Waals surface area contributed by atoms with E-state index in [1.165, 1.54) is 5.56 Å². The molecule has 2 amide bonds. The molecule has 0 saturated carbocycles. The summed E-state index contributed by atoms with van der Waals surface area (Å²) in [6.07, 6.45) is 4.80. The molecule has 0 aliphatic carbocycles. The van der Waals surface area contributed by atoms with Gasteiger partial charge in [-0.1, -0.05) is 42.5 Å². The van der Waals surface area contributed by atoms with E-state index in [9.17, 15) is 14.4 Å². The molecule has 2 aliphatic rings. The molecule has 10 heteroatoms. The number of aromatic nitrogens is 2. The van der Waals surface area contributed by atoms with Crippen LogP contribution in [0.1, 0.15) is 53.1 Å². The number of carbonyl (C=O) groups excluding carboxylic acids is 3. The summed E-state index contributed by atoms with van der Waals surface area (Å²) in [6, 6.07) is 16.6. The van der Waals surface area contributed by atoms with Crippen LogP contribution in [0.25, 0.3) is 0 Å². The summed E-state index contributed by atoms with van der Waals surface area (Å²) < 4.78 is 16.6. The number of amides is 2. The SMILES string of the molecule is COc1ccc(CCCc2cnc(C(=O)NC(=O)[C@@H]3CCCN3C3CC(=O)OC3OCc3ccccc3)[nH]2)cc1. The highest BCUT2D eigenvalue weighted by Gasteiger charge is 2.46. The number of rotatable bonds is 11. The Morgan fingerprint density at radius 3 is 2.67 bits per heavy atom. The molecule has 210 valence electrons. The van der Waals surface area contributed by atoms with Crippen molar-refractivity contribution in [2.45, 2.75) is 63.5 Å². The van der Waals surface area contributed by atoms with Gasteiger partial charge >= 0.3 is 5.97 Å².